The second-order valence-corrected chi connectivity index (χ2v) is 3.97. The van der Waals surface area contributed by atoms with Crippen LogP contribution >= 0.6 is 0 Å². The molecule has 17 heavy (non-hydrogen) atoms. The average molecular weight is 240 g/mol. The summed E-state index contributed by atoms with van der Waals surface area (Å²) in [4.78, 5) is 17.7. The highest BCUT2D eigenvalue weighted by Gasteiger charge is 2.26. The van der Waals surface area contributed by atoms with Gasteiger partial charge in [0.05, 0.1) is 26.4 Å². The maximum absolute atomic E-state index is 12.0. The molecule has 2 rings (SSSR count). The summed E-state index contributed by atoms with van der Waals surface area (Å²) in [6.45, 7) is 3.51. The van der Waals surface area contributed by atoms with Crippen LogP contribution in [0, 0.1) is 6.92 Å². The molecule has 7 nitrogen and oxygen atoms in total. The molecule has 1 atom stereocenters. The normalized spacial score (nSPS) is 20.2. The SMILES string of the molecule is Cc1nc(CN(C)C(=O)C2COCCO2)n[nH]1. The van der Waals surface area contributed by atoms with Gasteiger partial charge < -0.3 is 14.4 Å². The first kappa shape index (κ1) is 12.0. The van der Waals surface area contributed by atoms with Gasteiger partial charge in [-0.15, -0.1) is 0 Å². The van der Waals surface area contributed by atoms with E-state index in [1.54, 1.807) is 11.9 Å². The zero-order valence-electron chi connectivity index (χ0n) is 9.97. The molecule has 0 aromatic carbocycles. The van der Waals surface area contributed by atoms with Crippen molar-refractivity contribution in [1.29, 1.82) is 0 Å². The van der Waals surface area contributed by atoms with Gasteiger partial charge in [-0.2, -0.15) is 5.10 Å². The van der Waals surface area contributed by atoms with Crippen molar-refractivity contribution < 1.29 is 14.3 Å². The van der Waals surface area contributed by atoms with E-state index in [0.717, 1.165) is 5.82 Å². The molecule has 1 N–H and O–H groups in total. The number of carbonyl (C=O) groups is 1. The molecule has 94 valence electrons. The quantitative estimate of drug-likeness (QED) is 0.769. The van der Waals surface area contributed by atoms with Crippen molar-refractivity contribution in [1.82, 2.24) is 20.1 Å². The Labute approximate surface area is 99.1 Å². The number of likely N-dealkylation sites (N-methyl/N-ethyl adjacent to an activating group) is 1. The summed E-state index contributed by atoms with van der Waals surface area (Å²) in [5, 5.41) is 6.72. The molecular weight excluding hydrogens is 224 g/mol. The van der Waals surface area contributed by atoms with Gasteiger partial charge in [-0.1, -0.05) is 0 Å². The zero-order chi connectivity index (χ0) is 12.3. The number of hydrogen-bond donors (Lipinski definition) is 1. The molecule has 1 aliphatic rings. The lowest BCUT2D eigenvalue weighted by molar-refractivity contribution is -0.157. The first-order valence-corrected chi connectivity index (χ1v) is 5.49. The number of aryl methyl sites for hydroxylation is 1. The predicted molar refractivity (Wildman–Crippen MR) is 58.2 cm³/mol. The van der Waals surface area contributed by atoms with Crippen LogP contribution in [0.2, 0.25) is 0 Å². The second kappa shape index (κ2) is 5.24. The third-order valence-corrected chi connectivity index (χ3v) is 2.49. The second-order valence-electron chi connectivity index (χ2n) is 3.97. The van der Waals surface area contributed by atoms with Crippen molar-refractivity contribution in [3.05, 3.63) is 11.6 Å². The number of H-pyrrole nitrogens is 1. The molecule has 1 fully saturated rings. The summed E-state index contributed by atoms with van der Waals surface area (Å²) in [6, 6.07) is 0. The van der Waals surface area contributed by atoms with Crippen molar-refractivity contribution >= 4 is 5.91 Å². The molecule has 0 saturated carbocycles. The molecule has 1 aliphatic heterocycles. The summed E-state index contributed by atoms with van der Waals surface area (Å²) < 4.78 is 10.5. The van der Waals surface area contributed by atoms with Crippen molar-refractivity contribution in [2.24, 2.45) is 0 Å². The number of rotatable bonds is 3. The molecule has 1 aromatic rings. The molecule has 1 saturated heterocycles. The van der Waals surface area contributed by atoms with Crippen LogP contribution < -0.4 is 0 Å². The molecule has 1 amide bonds. The number of aromatic nitrogens is 3. The fourth-order valence-corrected chi connectivity index (χ4v) is 1.63. The molecule has 2 heterocycles. The number of aromatic amines is 1. The molecule has 1 unspecified atom stereocenters. The lowest BCUT2D eigenvalue weighted by Crippen LogP contribution is -2.43. The highest BCUT2D eigenvalue weighted by atomic mass is 16.6. The van der Waals surface area contributed by atoms with Crippen LogP contribution in [0.4, 0.5) is 0 Å². The summed E-state index contributed by atoms with van der Waals surface area (Å²) in [7, 11) is 1.70. The standard InChI is InChI=1S/C10H16N4O3/c1-7-11-9(13-12-7)5-14(2)10(15)8-6-16-3-4-17-8/h8H,3-6H2,1-2H3,(H,11,12,13). The Morgan fingerprint density at radius 1 is 1.59 bits per heavy atom. The van der Waals surface area contributed by atoms with E-state index in [-0.39, 0.29) is 5.91 Å². The van der Waals surface area contributed by atoms with E-state index in [4.69, 9.17) is 9.47 Å². The number of carbonyl (C=O) groups excluding carboxylic acids is 1. The van der Waals surface area contributed by atoms with Gasteiger partial charge in [0.1, 0.15) is 5.82 Å². The van der Waals surface area contributed by atoms with Gasteiger partial charge in [0.2, 0.25) is 0 Å². The van der Waals surface area contributed by atoms with Gasteiger partial charge in [0.15, 0.2) is 11.9 Å². The van der Waals surface area contributed by atoms with Gasteiger partial charge in [-0.3, -0.25) is 9.89 Å². The molecular formula is C10H16N4O3. The Balaban J connectivity index is 1.90. The average Bonchev–Trinajstić information content (AvgIpc) is 2.75. The van der Waals surface area contributed by atoms with Gasteiger partial charge >= 0.3 is 0 Å². The highest BCUT2D eigenvalue weighted by Crippen LogP contribution is 2.06. The van der Waals surface area contributed by atoms with Gasteiger partial charge in [-0.05, 0) is 6.92 Å². The first-order valence-electron chi connectivity index (χ1n) is 5.49. The highest BCUT2D eigenvalue weighted by molar-refractivity contribution is 5.80. The Morgan fingerprint density at radius 3 is 3.00 bits per heavy atom. The summed E-state index contributed by atoms with van der Waals surface area (Å²) in [5.74, 6) is 1.22. The van der Waals surface area contributed by atoms with E-state index in [1.165, 1.54) is 0 Å². The van der Waals surface area contributed by atoms with Crippen LogP contribution in [0.5, 0.6) is 0 Å². The van der Waals surface area contributed by atoms with Crippen LogP contribution in [0.3, 0.4) is 0 Å². The largest absolute Gasteiger partial charge is 0.376 e. The molecule has 7 heteroatoms. The van der Waals surface area contributed by atoms with E-state index in [9.17, 15) is 4.79 Å². The lowest BCUT2D eigenvalue weighted by Gasteiger charge is -2.26. The van der Waals surface area contributed by atoms with Gasteiger partial charge in [0, 0.05) is 7.05 Å². The van der Waals surface area contributed by atoms with Crippen LogP contribution in [-0.4, -0.2) is 59.0 Å². The Kier molecular flexibility index (Phi) is 3.70. The third-order valence-electron chi connectivity index (χ3n) is 2.49. The number of amides is 1. The van der Waals surface area contributed by atoms with E-state index < -0.39 is 6.10 Å². The van der Waals surface area contributed by atoms with Crippen molar-refractivity contribution in [3.63, 3.8) is 0 Å². The van der Waals surface area contributed by atoms with E-state index in [1.807, 2.05) is 6.92 Å². The minimum absolute atomic E-state index is 0.104. The van der Waals surface area contributed by atoms with Crippen LogP contribution in [0.1, 0.15) is 11.6 Å². The Bertz CT molecular complexity index is 387. The number of ether oxygens (including phenoxy) is 2. The predicted octanol–water partition coefficient (Wildman–Crippen LogP) is -0.513. The topological polar surface area (TPSA) is 80.3 Å². The van der Waals surface area contributed by atoms with Crippen LogP contribution in [0.15, 0.2) is 0 Å². The van der Waals surface area contributed by atoms with Gasteiger partial charge in [-0.25, -0.2) is 4.98 Å². The van der Waals surface area contributed by atoms with Crippen LogP contribution in [0.25, 0.3) is 0 Å². The smallest absolute Gasteiger partial charge is 0.254 e. The van der Waals surface area contributed by atoms with Gasteiger partial charge in [0.25, 0.3) is 5.91 Å². The maximum atomic E-state index is 12.0. The minimum atomic E-state index is -0.506. The van der Waals surface area contributed by atoms with E-state index in [0.29, 0.717) is 32.2 Å². The van der Waals surface area contributed by atoms with E-state index in [2.05, 4.69) is 15.2 Å². The Morgan fingerprint density at radius 2 is 2.41 bits per heavy atom. The maximum Gasteiger partial charge on any atom is 0.254 e. The fraction of sp³-hybridized carbons (Fsp3) is 0.700. The molecule has 1 aromatic heterocycles. The molecule has 0 bridgehead atoms. The summed E-state index contributed by atoms with van der Waals surface area (Å²) >= 11 is 0. The minimum Gasteiger partial charge on any atom is -0.376 e. The number of hydrogen-bond acceptors (Lipinski definition) is 5. The van der Waals surface area contributed by atoms with Crippen molar-refractivity contribution in [3.8, 4) is 0 Å². The monoisotopic (exact) mass is 240 g/mol. The van der Waals surface area contributed by atoms with Crippen molar-refractivity contribution in [2.45, 2.75) is 19.6 Å². The zero-order valence-corrected chi connectivity index (χ0v) is 9.97. The van der Waals surface area contributed by atoms with Crippen molar-refractivity contribution in [2.75, 3.05) is 26.9 Å². The number of nitrogens with zero attached hydrogens (tertiary/aromatic N) is 3. The molecule has 0 spiro atoms. The lowest BCUT2D eigenvalue weighted by atomic mass is 10.3. The van der Waals surface area contributed by atoms with Crippen LogP contribution in [-0.2, 0) is 20.8 Å². The third kappa shape index (κ3) is 3.01. The molecule has 0 radical (unpaired) electrons. The number of nitrogens with one attached hydrogen (secondary N) is 1. The fourth-order valence-electron chi connectivity index (χ4n) is 1.63. The summed E-state index contributed by atoms with van der Waals surface area (Å²) in [6.07, 6.45) is -0.506. The summed E-state index contributed by atoms with van der Waals surface area (Å²) in [5.41, 5.74) is 0. The Hall–Kier alpha value is -1.47. The molecule has 0 aliphatic carbocycles. The first-order chi connectivity index (χ1) is 8.16. The van der Waals surface area contributed by atoms with E-state index >= 15 is 0 Å².